The van der Waals surface area contributed by atoms with E-state index in [2.05, 4.69) is 32.5 Å². The van der Waals surface area contributed by atoms with Crippen LogP contribution in [-0.2, 0) is 13.0 Å². The number of thiazole rings is 1. The van der Waals surface area contributed by atoms with Crippen molar-refractivity contribution < 1.29 is 0 Å². The van der Waals surface area contributed by atoms with Gasteiger partial charge in [-0.15, -0.1) is 21.5 Å². The van der Waals surface area contributed by atoms with Gasteiger partial charge >= 0.3 is 0 Å². The van der Waals surface area contributed by atoms with Gasteiger partial charge in [-0.1, -0.05) is 48.0 Å². The number of hydrogen-bond acceptors (Lipinski definition) is 6. The van der Waals surface area contributed by atoms with Gasteiger partial charge in [0.1, 0.15) is 5.52 Å². The lowest BCUT2D eigenvalue weighted by Gasteiger charge is -1.98. The smallest absolute Gasteiger partial charge is 0.228 e. The number of tetrazole rings is 1. The van der Waals surface area contributed by atoms with Crippen molar-refractivity contribution in [2.24, 2.45) is 0 Å². The average molecular weight is 374 g/mol. The molecule has 2 heterocycles. The minimum atomic E-state index is 0.596. The fourth-order valence-corrected chi connectivity index (χ4v) is 4.42. The lowest BCUT2D eigenvalue weighted by Crippen LogP contribution is -2.05. The van der Waals surface area contributed by atoms with Gasteiger partial charge in [-0.3, -0.25) is 0 Å². The second-order valence-corrected chi connectivity index (χ2v) is 7.72. The lowest BCUT2D eigenvalue weighted by atomic mass is 10.2. The molecule has 0 saturated heterocycles. The molecule has 24 heavy (non-hydrogen) atoms. The number of hydrogen-bond donors (Lipinski definition) is 0. The number of rotatable bonds is 5. The molecule has 2 aromatic heterocycles. The molecule has 120 valence electrons. The molecule has 0 spiro atoms. The van der Waals surface area contributed by atoms with Crippen molar-refractivity contribution >= 4 is 44.9 Å². The van der Waals surface area contributed by atoms with E-state index in [1.54, 1.807) is 16.1 Å². The van der Waals surface area contributed by atoms with Crippen LogP contribution in [0.1, 0.15) is 5.56 Å². The molecule has 0 radical (unpaired) electrons. The molecule has 5 nitrogen and oxygen atoms in total. The Morgan fingerprint density at radius 3 is 2.79 bits per heavy atom. The second-order valence-electron chi connectivity index (χ2n) is 5.07. The van der Waals surface area contributed by atoms with Crippen LogP contribution in [-0.4, -0.2) is 25.2 Å². The van der Waals surface area contributed by atoms with Gasteiger partial charge in [-0.25, -0.2) is 4.98 Å². The van der Waals surface area contributed by atoms with Crippen LogP contribution in [0.5, 0.6) is 0 Å². The van der Waals surface area contributed by atoms with Crippen molar-refractivity contribution in [3.8, 4) is 0 Å². The molecule has 2 aromatic carbocycles. The van der Waals surface area contributed by atoms with E-state index >= 15 is 0 Å². The van der Waals surface area contributed by atoms with E-state index in [1.807, 2.05) is 36.4 Å². The van der Waals surface area contributed by atoms with Crippen LogP contribution in [0.4, 0.5) is 0 Å². The van der Waals surface area contributed by atoms with E-state index in [0.29, 0.717) is 16.7 Å². The van der Waals surface area contributed by atoms with Crippen LogP contribution in [0, 0.1) is 0 Å². The van der Waals surface area contributed by atoms with Gasteiger partial charge in [0.15, 0.2) is 4.34 Å². The van der Waals surface area contributed by atoms with Crippen LogP contribution in [0.25, 0.3) is 10.2 Å². The Hall–Kier alpha value is -1.96. The van der Waals surface area contributed by atoms with Crippen LogP contribution < -0.4 is 0 Å². The molecule has 0 N–H and O–H groups in total. The van der Waals surface area contributed by atoms with Gasteiger partial charge in [0, 0.05) is 0 Å². The first-order chi connectivity index (χ1) is 11.8. The van der Waals surface area contributed by atoms with Crippen molar-refractivity contribution in [1.29, 1.82) is 0 Å². The molecule has 0 saturated carbocycles. The second kappa shape index (κ2) is 6.88. The van der Waals surface area contributed by atoms with E-state index in [9.17, 15) is 0 Å². The molecule has 4 aromatic rings. The first-order valence-electron chi connectivity index (χ1n) is 7.32. The monoisotopic (exact) mass is 373 g/mol. The lowest BCUT2D eigenvalue weighted by molar-refractivity contribution is 0.519. The number of para-hydroxylation sites is 1. The normalized spacial score (nSPS) is 11.2. The van der Waals surface area contributed by atoms with E-state index in [0.717, 1.165) is 21.0 Å². The van der Waals surface area contributed by atoms with E-state index in [1.165, 1.54) is 17.3 Å². The molecule has 4 rings (SSSR count). The number of nitrogens with zero attached hydrogens (tertiary/aromatic N) is 5. The third kappa shape index (κ3) is 3.43. The summed E-state index contributed by atoms with van der Waals surface area (Å²) < 4.78 is 1.92. The van der Waals surface area contributed by atoms with E-state index in [-0.39, 0.29) is 0 Å². The molecular weight excluding hydrogens is 362 g/mol. The summed E-state index contributed by atoms with van der Waals surface area (Å²) in [6, 6.07) is 16.0. The zero-order chi connectivity index (χ0) is 16.4. The minimum absolute atomic E-state index is 0.596. The Morgan fingerprint density at radius 1 is 1.08 bits per heavy atom. The predicted octanol–water partition coefficient (Wildman–Crippen LogP) is 4.33. The largest absolute Gasteiger partial charge is 0.238 e. The molecule has 0 unspecified atom stereocenters. The number of aryl methyl sites for hydroxylation is 2. The first-order valence-corrected chi connectivity index (χ1v) is 9.34. The summed E-state index contributed by atoms with van der Waals surface area (Å²) in [6.45, 7) is 0.698. The van der Waals surface area contributed by atoms with Crippen LogP contribution in [0.15, 0.2) is 58.0 Å². The quantitative estimate of drug-likeness (QED) is 0.521. The number of halogens is 1. The fraction of sp³-hybridized carbons (Fsp3) is 0.125. The summed E-state index contributed by atoms with van der Waals surface area (Å²) in [7, 11) is 0. The van der Waals surface area contributed by atoms with Gasteiger partial charge < -0.3 is 0 Å². The maximum Gasteiger partial charge on any atom is 0.238 e. The van der Waals surface area contributed by atoms with Crippen molar-refractivity contribution in [3.05, 3.63) is 59.1 Å². The summed E-state index contributed by atoms with van der Waals surface area (Å²) in [6.07, 6.45) is 0.873. The van der Waals surface area contributed by atoms with Crippen LogP contribution in [0.3, 0.4) is 0 Å². The van der Waals surface area contributed by atoms with Crippen LogP contribution in [0.2, 0.25) is 5.02 Å². The molecular formula is C16H12ClN5S2. The number of fused-ring (bicyclic) bond motifs is 1. The third-order valence-electron chi connectivity index (χ3n) is 3.41. The molecule has 8 heteroatoms. The van der Waals surface area contributed by atoms with Crippen LogP contribution >= 0.6 is 34.7 Å². The van der Waals surface area contributed by atoms with Gasteiger partial charge in [0.05, 0.1) is 16.3 Å². The third-order valence-corrected chi connectivity index (χ3v) is 5.64. The van der Waals surface area contributed by atoms with E-state index < -0.39 is 0 Å². The van der Waals surface area contributed by atoms with Crippen molar-refractivity contribution in [2.75, 3.05) is 0 Å². The minimum Gasteiger partial charge on any atom is -0.228 e. The van der Waals surface area contributed by atoms with Gasteiger partial charge in [-0.05, 0) is 41.1 Å². The standard InChI is InChI=1S/C16H12ClN5S2/c17-12-7-4-8-13-14(12)18-16(23-13)24-15-19-21-22(20-15)10-9-11-5-2-1-3-6-11/h1-8H,9-10H2. The highest BCUT2D eigenvalue weighted by Crippen LogP contribution is 2.35. The maximum absolute atomic E-state index is 6.16. The Kier molecular flexibility index (Phi) is 4.46. The maximum atomic E-state index is 6.16. The average Bonchev–Trinajstić information content (AvgIpc) is 3.21. The Labute approximate surface area is 151 Å². The molecule has 0 bridgehead atoms. The summed E-state index contributed by atoms with van der Waals surface area (Å²) in [5, 5.41) is 13.9. The highest BCUT2D eigenvalue weighted by atomic mass is 35.5. The SMILES string of the molecule is Clc1cccc2sc(Sc3nnn(CCc4ccccc4)n3)nc12. The Balaban J connectivity index is 1.45. The molecule has 0 amide bonds. The highest BCUT2D eigenvalue weighted by Gasteiger charge is 2.11. The van der Waals surface area contributed by atoms with Crippen molar-refractivity contribution in [1.82, 2.24) is 25.2 Å². The molecule has 0 aliphatic rings. The zero-order valence-corrected chi connectivity index (χ0v) is 14.9. The predicted molar refractivity (Wildman–Crippen MR) is 96.7 cm³/mol. The highest BCUT2D eigenvalue weighted by molar-refractivity contribution is 8.01. The summed E-state index contributed by atoms with van der Waals surface area (Å²) in [4.78, 5) is 6.16. The number of aromatic nitrogens is 5. The topological polar surface area (TPSA) is 56.5 Å². The Morgan fingerprint density at radius 2 is 1.96 bits per heavy atom. The van der Waals surface area contributed by atoms with Gasteiger partial charge in [0.25, 0.3) is 0 Å². The zero-order valence-electron chi connectivity index (χ0n) is 12.5. The molecule has 0 aliphatic heterocycles. The molecule has 0 fully saturated rings. The summed E-state index contributed by atoms with van der Waals surface area (Å²) in [5.74, 6) is 0. The number of benzene rings is 2. The molecule has 0 atom stereocenters. The first kappa shape index (κ1) is 15.6. The van der Waals surface area contributed by atoms with Gasteiger partial charge in [-0.2, -0.15) is 4.80 Å². The molecule has 0 aliphatic carbocycles. The van der Waals surface area contributed by atoms with Crippen molar-refractivity contribution in [3.63, 3.8) is 0 Å². The van der Waals surface area contributed by atoms with E-state index in [4.69, 9.17) is 11.6 Å². The fourth-order valence-electron chi connectivity index (χ4n) is 2.25. The summed E-state index contributed by atoms with van der Waals surface area (Å²) >= 11 is 9.15. The summed E-state index contributed by atoms with van der Waals surface area (Å²) in [5.41, 5.74) is 2.08. The van der Waals surface area contributed by atoms with Gasteiger partial charge in [0.2, 0.25) is 5.16 Å². The Bertz CT molecular complexity index is 967. The van der Waals surface area contributed by atoms with Crippen molar-refractivity contribution in [2.45, 2.75) is 22.5 Å².